The number of amides is 2. The number of allylic oxidation sites excluding steroid dienone is 10. The van der Waals surface area contributed by atoms with Crippen LogP contribution in [0, 0.1) is 5.82 Å². The van der Waals surface area contributed by atoms with Gasteiger partial charge in [0.05, 0.1) is 43.3 Å². The Morgan fingerprint density at radius 1 is 0.803 bits per heavy atom. The van der Waals surface area contributed by atoms with E-state index in [1.165, 1.54) is 20.3 Å². The number of hydrogen-bond donors (Lipinski definition) is 3. The molecule has 3 aromatic carbocycles. The SMILES string of the molecule is CCC=CCC=CCC=CCC=CCC=CCCCC(=O)NCCNC(=O)c1ccc(Nc2ncc3c(n2)-c2ccc(Cl)cc2C(c2c(F)cccc2OC)=NC3)cc1OC. The Morgan fingerprint density at radius 2 is 1.49 bits per heavy atom. The van der Waals surface area contributed by atoms with Gasteiger partial charge in [0, 0.05) is 59.2 Å². The van der Waals surface area contributed by atoms with Gasteiger partial charge < -0.3 is 25.4 Å². The zero-order valence-corrected chi connectivity index (χ0v) is 35.8. The van der Waals surface area contributed by atoms with Crippen molar-refractivity contribution in [3.63, 3.8) is 0 Å². The highest BCUT2D eigenvalue weighted by Crippen LogP contribution is 2.36. The molecular weight excluding hydrogens is 791 g/mol. The number of benzene rings is 3. The number of unbranched alkanes of at least 4 members (excludes halogenated alkanes) is 1. The van der Waals surface area contributed by atoms with Crippen molar-refractivity contribution in [2.75, 3.05) is 32.6 Å². The molecule has 0 fully saturated rings. The van der Waals surface area contributed by atoms with Crippen LogP contribution in [0.15, 0.2) is 127 Å². The van der Waals surface area contributed by atoms with E-state index in [1.54, 1.807) is 48.7 Å². The van der Waals surface area contributed by atoms with Gasteiger partial charge in [-0.3, -0.25) is 14.6 Å². The lowest BCUT2D eigenvalue weighted by Gasteiger charge is -2.15. The summed E-state index contributed by atoms with van der Waals surface area (Å²) in [4.78, 5) is 39.6. The first kappa shape index (κ1) is 45.7. The number of nitrogens with zero attached hydrogens (tertiary/aromatic N) is 3. The number of carbonyl (C=O) groups is 2. The summed E-state index contributed by atoms with van der Waals surface area (Å²) in [6.07, 6.45) is 30.2. The van der Waals surface area contributed by atoms with Crippen LogP contribution in [0.5, 0.6) is 11.5 Å². The number of carbonyl (C=O) groups excluding carboxylic acids is 2. The number of rotatable bonds is 22. The summed E-state index contributed by atoms with van der Waals surface area (Å²) in [5.41, 5.74) is 4.20. The van der Waals surface area contributed by atoms with Gasteiger partial charge in [-0.2, -0.15) is 0 Å². The third-order valence-corrected chi connectivity index (χ3v) is 9.80. The number of aromatic nitrogens is 2. The lowest BCUT2D eigenvalue weighted by atomic mass is 9.94. The molecule has 12 heteroatoms. The number of nitrogens with one attached hydrogen (secondary N) is 3. The van der Waals surface area contributed by atoms with Crippen molar-refractivity contribution in [3.8, 4) is 22.8 Å². The Hall–Kier alpha value is -6.33. The Kier molecular flexibility index (Phi) is 18.5. The minimum Gasteiger partial charge on any atom is -0.496 e. The molecule has 0 radical (unpaired) electrons. The van der Waals surface area contributed by atoms with Crippen molar-refractivity contribution in [3.05, 3.63) is 155 Å². The molecule has 0 bridgehead atoms. The lowest BCUT2D eigenvalue weighted by Crippen LogP contribution is -2.34. The van der Waals surface area contributed by atoms with Crippen LogP contribution in [0.25, 0.3) is 11.3 Å². The molecule has 0 spiro atoms. The lowest BCUT2D eigenvalue weighted by molar-refractivity contribution is -0.121. The number of anilines is 2. The summed E-state index contributed by atoms with van der Waals surface area (Å²) in [5.74, 6) is 0.115. The van der Waals surface area contributed by atoms with Crippen LogP contribution < -0.4 is 25.4 Å². The molecule has 10 nitrogen and oxygen atoms in total. The third-order valence-electron chi connectivity index (χ3n) is 9.56. The van der Waals surface area contributed by atoms with E-state index in [9.17, 15) is 9.59 Å². The highest BCUT2D eigenvalue weighted by Gasteiger charge is 2.25. The number of methoxy groups -OCH3 is 2. The average Bonchev–Trinajstić information content (AvgIpc) is 3.42. The van der Waals surface area contributed by atoms with Gasteiger partial charge in [0.25, 0.3) is 5.91 Å². The largest absolute Gasteiger partial charge is 0.496 e. The van der Waals surface area contributed by atoms with Gasteiger partial charge in [-0.05, 0) is 81.3 Å². The van der Waals surface area contributed by atoms with Gasteiger partial charge in [-0.25, -0.2) is 14.4 Å². The van der Waals surface area contributed by atoms with E-state index in [1.807, 2.05) is 6.07 Å². The summed E-state index contributed by atoms with van der Waals surface area (Å²) in [7, 11) is 2.97. The zero-order chi connectivity index (χ0) is 43.2. The summed E-state index contributed by atoms with van der Waals surface area (Å²) in [6, 6.07) is 15.0. The highest BCUT2D eigenvalue weighted by atomic mass is 35.5. The van der Waals surface area contributed by atoms with Crippen molar-refractivity contribution in [2.45, 2.75) is 64.8 Å². The van der Waals surface area contributed by atoms with Crippen molar-refractivity contribution >= 4 is 40.8 Å². The van der Waals surface area contributed by atoms with Crippen molar-refractivity contribution in [2.24, 2.45) is 4.99 Å². The van der Waals surface area contributed by atoms with Crippen molar-refractivity contribution in [1.29, 1.82) is 0 Å². The molecule has 5 rings (SSSR count). The van der Waals surface area contributed by atoms with Crippen LogP contribution in [-0.4, -0.2) is 54.8 Å². The van der Waals surface area contributed by atoms with Crippen LogP contribution >= 0.6 is 11.6 Å². The van der Waals surface area contributed by atoms with Gasteiger partial charge in [0.15, 0.2) is 0 Å². The maximum absolute atomic E-state index is 15.3. The van der Waals surface area contributed by atoms with Crippen LogP contribution in [0.2, 0.25) is 5.02 Å². The molecule has 61 heavy (non-hydrogen) atoms. The molecule has 0 unspecified atom stereocenters. The quantitative estimate of drug-likeness (QED) is 0.0531. The molecular formula is C49H54ClFN6O4. The molecule has 1 aliphatic rings. The van der Waals surface area contributed by atoms with E-state index in [4.69, 9.17) is 31.1 Å². The fourth-order valence-electron chi connectivity index (χ4n) is 6.50. The van der Waals surface area contributed by atoms with Crippen molar-refractivity contribution < 1.29 is 23.5 Å². The number of halogens is 2. The second-order valence-electron chi connectivity index (χ2n) is 14.0. The van der Waals surface area contributed by atoms with Crippen LogP contribution in [-0.2, 0) is 11.3 Å². The fraction of sp³-hybridized carbons (Fsp3) is 0.286. The van der Waals surface area contributed by atoms with Gasteiger partial charge in [-0.1, -0.05) is 91.4 Å². The standard InChI is InChI=1S/C49H54ClFN6O4/c1-4-5-6-7-8-9-10-11-12-13-14-15-16-17-18-19-20-24-44(58)52-29-30-53-48(59)39-28-26-37(32-43(39)61-3)56-49-55-34-35-33-54-47(45-41(51)22-21-23-42(45)60-2)40-31-36(50)25-27-38(40)46(35)57-49/h5-6,8-9,11-12,14-15,17-18,21-23,25-28,31-32,34H,4,7,10,13,16,19-20,24,29-30,33H2,1-3H3,(H,52,58)(H,53,59)(H,55,56,57). The van der Waals surface area contributed by atoms with Crippen LogP contribution in [0.1, 0.15) is 85.3 Å². The predicted molar refractivity (Wildman–Crippen MR) is 245 cm³/mol. The molecule has 4 aromatic rings. The summed E-state index contributed by atoms with van der Waals surface area (Å²) < 4.78 is 26.3. The monoisotopic (exact) mass is 844 g/mol. The molecule has 0 saturated heterocycles. The summed E-state index contributed by atoms with van der Waals surface area (Å²) >= 11 is 6.45. The van der Waals surface area contributed by atoms with E-state index in [0.717, 1.165) is 50.5 Å². The first-order valence-corrected chi connectivity index (χ1v) is 21.0. The molecule has 0 atom stereocenters. The summed E-state index contributed by atoms with van der Waals surface area (Å²) in [5, 5.41) is 9.38. The number of ether oxygens (including phenoxy) is 2. The van der Waals surface area contributed by atoms with Gasteiger partial charge in [0.2, 0.25) is 11.9 Å². The Morgan fingerprint density at radius 3 is 2.20 bits per heavy atom. The Balaban J connectivity index is 1.06. The second kappa shape index (κ2) is 24.7. The van der Waals surface area contributed by atoms with Gasteiger partial charge in [-0.15, -0.1) is 0 Å². The smallest absolute Gasteiger partial charge is 0.255 e. The van der Waals surface area contributed by atoms with E-state index in [-0.39, 0.29) is 30.5 Å². The first-order valence-electron chi connectivity index (χ1n) is 20.6. The maximum atomic E-state index is 15.3. The molecule has 1 aromatic heterocycles. The molecule has 318 valence electrons. The Labute approximate surface area is 363 Å². The zero-order valence-electron chi connectivity index (χ0n) is 35.1. The molecule has 2 amide bonds. The normalized spacial score (nSPS) is 12.5. The number of fused-ring (bicyclic) bond motifs is 3. The number of aliphatic imine (C=N–C) groups is 1. The van der Waals surface area contributed by atoms with Gasteiger partial charge in [0.1, 0.15) is 17.3 Å². The van der Waals surface area contributed by atoms with E-state index >= 15 is 4.39 Å². The Bertz CT molecular complexity index is 2300. The highest BCUT2D eigenvalue weighted by molar-refractivity contribution is 6.31. The van der Waals surface area contributed by atoms with Crippen LogP contribution in [0.3, 0.4) is 0 Å². The van der Waals surface area contributed by atoms with Gasteiger partial charge >= 0.3 is 0 Å². The first-order chi connectivity index (χ1) is 29.8. The average molecular weight is 845 g/mol. The van der Waals surface area contributed by atoms with E-state index in [0.29, 0.717) is 69.2 Å². The predicted octanol–water partition coefficient (Wildman–Crippen LogP) is 10.8. The molecule has 2 heterocycles. The maximum Gasteiger partial charge on any atom is 0.255 e. The van der Waals surface area contributed by atoms with Crippen molar-refractivity contribution in [1.82, 2.24) is 20.6 Å². The fourth-order valence-corrected chi connectivity index (χ4v) is 6.67. The van der Waals surface area contributed by atoms with E-state index in [2.05, 4.69) is 88.6 Å². The molecule has 0 saturated carbocycles. The van der Waals surface area contributed by atoms with Crippen LogP contribution in [0.4, 0.5) is 16.0 Å². The molecule has 1 aliphatic heterocycles. The third kappa shape index (κ3) is 13.9. The second-order valence-corrected chi connectivity index (χ2v) is 14.4. The van der Waals surface area contributed by atoms with E-state index < -0.39 is 5.82 Å². The number of hydrogen-bond acceptors (Lipinski definition) is 8. The minimum absolute atomic E-state index is 0.0554. The topological polar surface area (TPSA) is 127 Å². The molecule has 0 aliphatic carbocycles. The summed E-state index contributed by atoms with van der Waals surface area (Å²) in [6.45, 7) is 2.90. The molecule has 3 N–H and O–H groups in total. The minimum atomic E-state index is -0.472.